The maximum atomic E-state index is 12.9. The van der Waals surface area contributed by atoms with Crippen molar-refractivity contribution < 1.29 is 27.4 Å². The molecule has 0 amide bonds. The molecule has 2 aliphatic rings. The Bertz CT molecular complexity index is 1120. The third-order valence-corrected chi connectivity index (χ3v) is 7.18. The van der Waals surface area contributed by atoms with Gasteiger partial charge in [-0.05, 0) is 61.6 Å². The molecular formula is C24H27NO6S. The Morgan fingerprint density at radius 1 is 1.16 bits per heavy atom. The molecule has 2 aromatic carbocycles. The van der Waals surface area contributed by atoms with Gasteiger partial charge in [-0.2, -0.15) is 0 Å². The monoisotopic (exact) mass is 457 g/mol. The smallest absolute Gasteiger partial charge is 0.303 e. The van der Waals surface area contributed by atoms with E-state index in [1.807, 2.05) is 25.1 Å². The maximum Gasteiger partial charge on any atom is 0.303 e. The zero-order chi connectivity index (χ0) is 22.7. The van der Waals surface area contributed by atoms with E-state index in [9.17, 15) is 13.2 Å². The van der Waals surface area contributed by atoms with Gasteiger partial charge in [0, 0.05) is 19.4 Å². The minimum absolute atomic E-state index is 0.124. The number of hydrogen-bond donors (Lipinski definition) is 1. The average molecular weight is 458 g/mol. The Labute approximate surface area is 188 Å². The predicted molar refractivity (Wildman–Crippen MR) is 119 cm³/mol. The van der Waals surface area contributed by atoms with Gasteiger partial charge in [-0.3, -0.25) is 4.79 Å². The number of rotatable bonds is 7. The highest BCUT2D eigenvalue weighted by molar-refractivity contribution is 7.89. The van der Waals surface area contributed by atoms with Crippen LogP contribution in [0.15, 0.2) is 59.0 Å². The van der Waals surface area contributed by atoms with Crippen LogP contribution in [0.3, 0.4) is 0 Å². The molecule has 1 aliphatic heterocycles. The normalized spacial score (nSPS) is 18.7. The van der Waals surface area contributed by atoms with Crippen molar-refractivity contribution in [1.82, 2.24) is 4.72 Å². The lowest BCUT2D eigenvalue weighted by molar-refractivity contribution is -0.145. The number of fused-ring (bicyclic) bond motifs is 1. The van der Waals surface area contributed by atoms with E-state index in [-0.39, 0.29) is 36.2 Å². The lowest BCUT2D eigenvalue weighted by Crippen LogP contribution is -2.33. The van der Waals surface area contributed by atoms with Gasteiger partial charge in [0.2, 0.25) is 16.8 Å². The summed E-state index contributed by atoms with van der Waals surface area (Å²) in [4.78, 5) is 11.9. The quantitative estimate of drug-likeness (QED) is 0.502. The molecule has 4 rings (SSSR count). The van der Waals surface area contributed by atoms with E-state index < -0.39 is 10.0 Å². The molecule has 0 radical (unpaired) electrons. The van der Waals surface area contributed by atoms with E-state index in [1.54, 1.807) is 24.3 Å². The SMILES string of the molecule is CC(=O)O[C@H]1CCCC=C1[C@@H](CNS(=O)(=O)c1ccc(C)cc1)c1ccc2c(c1)OCO2. The third-order valence-electron chi connectivity index (χ3n) is 5.74. The van der Waals surface area contributed by atoms with Gasteiger partial charge in [0.1, 0.15) is 6.10 Å². The van der Waals surface area contributed by atoms with E-state index in [4.69, 9.17) is 14.2 Å². The van der Waals surface area contributed by atoms with Gasteiger partial charge < -0.3 is 14.2 Å². The molecule has 2 aromatic rings. The summed E-state index contributed by atoms with van der Waals surface area (Å²) in [6.07, 6.45) is 4.13. The van der Waals surface area contributed by atoms with Gasteiger partial charge in [-0.1, -0.05) is 29.8 Å². The van der Waals surface area contributed by atoms with E-state index in [1.165, 1.54) is 6.92 Å². The molecule has 0 aromatic heterocycles. The topological polar surface area (TPSA) is 90.9 Å². The van der Waals surface area contributed by atoms with E-state index >= 15 is 0 Å². The predicted octanol–water partition coefficient (Wildman–Crippen LogP) is 3.83. The third kappa shape index (κ3) is 4.97. The van der Waals surface area contributed by atoms with E-state index in [0.29, 0.717) is 17.9 Å². The molecule has 170 valence electrons. The van der Waals surface area contributed by atoms with Crippen LogP contribution in [0.4, 0.5) is 0 Å². The Kier molecular flexibility index (Phi) is 6.53. The maximum absolute atomic E-state index is 12.9. The second-order valence-electron chi connectivity index (χ2n) is 8.06. The Balaban J connectivity index is 1.65. The van der Waals surface area contributed by atoms with Crippen molar-refractivity contribution in [2.75, 3.05) is 13.3 Å². The Hall–Kier alpha value is -2.84. The number of allylic oxidation sites excluding steroid dienone is 1. The first-order valence-corrected chi connectivity index (χ1v) is 12.1. The molecule has 0 bridgehead atoms. The molecule has 0 spiro atoms. The van der Waals surface area contributed by atoms with Gasteiger partial charge in [0.05, 0.1) is 4.90 Å². The zero-order valence-electron chi connectivity index (χ0n) is 18.2. The summed E-state index contributed by atoms with van der Waals surface area (Å²) in [6.45, 7) is 3.58. The first kappa shape index (κ1) is 22.4. The molecule has 0 saturated carbocycles. The van der Waals surface area contributed by atoms with Crippen molar-refractivity contribution in [3.8, 4) is 11.5 Å². The summed E-state index contributed by atoms with van der Waals surface area (Å²) in [5, 5.41) is 0. The Morgan fingerprint density at radius 2 is 1.91 bits per heavy atom. The van der Waals surface area contributed by atoms with Crippen LogP contribution in [-0.4, -0.2) is 33.8 Å². The first-order chi connectivity index (χ1) is 15.3. The summed E-state index contributed by atoms with van der Waals surface area (Å²) in [7, 11) is -3.71. The second-order valence-corrected chi connectivity index (χ2v) is 9.83. The summed E-state index contributed by atoms with van der Waals surface area (Å²) in [5.74, 6) is 0.595. The molecule has 7 nitrogen and oxygen atoms in total. The Morgan fingerprint density at radius 3 is 2.66 bits per heavy atom. The highest BCUT2D eigenvalue weighted by Gasteiger charge is 2.30. The first-order valence-electron chi connectivity index (χ1n) is 10.7. The number of sulfonamides is 1. The summed E-state index contributed by atoms with van der Waals surface area (Å²) < 4.78 is 45.2. The lowest BCUT2D eigenvalue weighted by atomic mass is 9.82. The number of ether oxygens (including phenoxy) is 3. The number of esters is 1. The van der Waals surface area contributed by atoms with Crippen LogP contribution < -0.4 is 14.2 Å². The van der Waals surface area contributed by atoms with E-state index in [0.717, 1.165) is 29.5 Å². The van der Waals surface area contributed by atoms with Crippen LogP contribution in [0, 0.1) is 6.92 Å². The van der Waals surface area contributed by atoms with Crippen molar-refractivity contribution in [2.45, 2.75) is 50.0 Å². The lowest BCUT2D eigenvalue weighted by Gasteiger charge is -2.30. The molecule has 0 fully saturated rings. The second kappa shape index (κ2) is 9.34. The number of benzene rings is 2. The summed E-state index contributed by atoms with van der Waals surface area (Å²) in [5.41, 5.74) is 2.75. The number of carbonyl (C=O) groups is 1. The minimum Gasteiger partial charge on any atom is -0.458 e. The molecule has 1 heterocycles. The fourth-order valence-electron chi connectivity index (χ4n) is 4.12. The highest BCUT2D eigenvalue weighted by Crippen LogP contribution is 2.39. The average Bonchev–Trinajstić information content (AvgIpc) is 3.23. The van der Waals surface area contributed by atoms with Gasteiger partial charge in [-0.15, -0.1) is 0 Å². The van der Waals surface area contributed by atoms with Crippen molar-refractivity contribution in [1.29, 1.82) is 0 Å². The van der Waals surface area contributed by atoms with Crippen LogP contribution in [0.5, 0.6) is 11.5 Å². The zero-order valence-corrected chi connectivity index (χ0v) is 19.0. The fourth-order valence-corrected chi connectivity index (χ4v) is 5.16. The largest absolute Gasteiger partial charge is 0.458 e. The van der Waals surface area contributed by atoms with Gasteiger partial charge in [0.25, 0.3) is 0 Å². The van der Waals surface area contributed by atoms with Crippen LogP contribution >= 0.6 is 0 Å². The molecule has 1 aliphatic carbocycles. The number of aryl methyl sites for hydroxylation is 1. The number of hydrogen-bond acceptors (Lipinski definition) is 6. The molecule has 1 N–H and O–H groups in total. The van der Waals surface area contributed by atoms with Gasteiger partial charge in [-0.25, -0.2) is 13.1 Å². The highest BCUT2D eigenvalue weighted by atomic mass is 32.2. The number of carbonyl (C=O) groups excluding carboxylic acids is 1. The molecular weight excluding hydrogens is 430 g/mol. The number of nitrogens with one attached hydrogen (secondary N) is 1. The summed E-state index contributed by atoms with van der Waals surface area (Å²) >= 11 is 0. The van der Waals surface area contributed by atoms with Crippen LogP contribution in [0.25, 0.3) is 0 Å². The summed E-state index contributed by atoms with van der Waals surface area (Å²) in [6, 6.07) is 12.3. The standard InChI is InChI=1S/C24H27NO6S/c1-16-7-10-19(11-8-16)32(27,28)25-14-21(18-9-12-23-24(13-18)30-15-29-23)20-5-3-4-6-22(20)31-17(2)26/h5,7-13,21-22,25H,3-4,6,14-15H2,1-2H3/t21-,22-/m0/s1. The molecule has 0 saturated heterocycles. The van der Waals surface area contributed by atoms with Gasteiger partial charge >= 0.3 is 5.97 Å². The molecule has 32 heavy (non-hydrogen) atoms. The van der Waals surface area contributed by atoms with Gasteiger partial charge in [0.15, 0.2) is 11.5 Å². The van der Waals surface area contributed by atoms with Crippen LogP contribution in [-0.2, 0) is 19.6 Å². The van der Waals surface area contributed by atoms with Crippen molar-refractivity contribution in [2.24, 2.45) is 0 Å². The van der Waals surface area contributed by atoms with Crippen molar-refractivity contribution in [3.05, 3.63) is 65.2 Å². The van der Waals surface area contributed by atoms with Crippen LogP contribution in [0.1, 0.15) is 43.2 Å². The fraction of sp³-hybridized carbons (Fsp3) is 0.375. The van der Waals surface area contributed by atoms with Crippen molar-refractivity contribution >= 4 is 16.0 Å². The minimum atomic E-state index is -3.71. The molecule has 2 atom stereocenters. The molecule has 0 unspecified atom stereocenters. The van der Waals surface area contributed by atoms with E-state index in [2.05, 4.69) is 10.8 Å². The van der Waals surface area contributed by atoms with Crippen LogP contribution in [0.2, 0.25) is 0 Å². The molecule has 8 heteroatoms. The van der Waals surface area contributed by atoms with Crippen molar-refractivity contribution in [3.63, 3.8) is 0 Å².